The molecule has 2 aromatic carbocycles. The molecular formula is C18H18ClNO. The standard InChI is InChI=1S/C18H18ClNO/c1-13-17(14-6-3-2-4-7-14)10-11-20(13)18(21)15-8-5-9-16(19)12-15/h2-9,12-13,17H,10-11H2,1H3. The average molecular weight is 300 g/mol. The number of hydrogen-bond donors (Lipinski definition) is 0. The van der Waals surface area contributed by atoms with Gasteiger partial charge in [0.05, 0.1) is 0 Å². The van der Waals surface area contributed by atoms with Crippen molar-refractivity contribution in [3.05, 3.63) is 70.7 Å². The molecule has 0 spiro atoms. The highest BCUT2D eigenvalue weighted by Crippen LogP contribution is 2.34. The third-order valence-electron chi connectivity index (χ3n) is 4.32. The molecule has 1 aliphatic heterocycles. The number of rotatable bonds is 2. The second-order valence-electron chi connectivity index (χ2n) is 5.56. The van der Waals surface area contributed by atoms with Gasteiger partial charge in [-0.15, -0.1) is 0 Å². The first-order chi connectivity index (χ1) is 10.2. The lowest BCUT2D eigenvalue weighted by molar-refractivity contribution is 0.0742. The fourth-order valence-electron chi connectivity index (χ4n) is 3.16. The minimum Gasteiger partial charge on any atom is -0.335 e. The Labute approximate surface area is 130 Å². The minimum atomic E-state index is 0.0726. The number of likely N-dealkylation sites (tertiary alicyclic amines) is 1. The average Bonchev–Trinajstić information content (AvgIpc) is 2.89. The van der Waals surface area contributed by atoms with Crippen LogP contribution in [0.1, 0.15) is 35.2 Å². The molecule has 3 rings (SSSR count). The molecular weight excluding hydrogens is 282 g/mol. The normalized spacial score (nSPS) is 21.5. The first-order valence-electron chi connectivity index (χ1n) is 7.28. The summed E-state index contributed by atoms with van der Waals surface area (Å²) in [6, 6.07) is 17.8. The second kappa shape index (κ2) is 5.90. The van der Waals surface area contributed by atoms with Crippen molar-refractivity contribution in [2.75, 3.05) is 6.54 Å². The lowest BCUT2D eigenvalue weighted by atomic mass is 9.93. The molecule has 2 nitrogen and oxygen atoms in total. The van der Waals surface area contributed by atoms with Gasteiger partial charge in [0.15, 0.2) is 0 Å². The van der Waals surface area contributed by atoms with E-state index in [2.05, 4.69) is 31.2 Å². The number of amides is 1. The Morgan fingerprint density at radius 1 is 1.14 bits per heavy atom. The molecule has 1 amide bonds. The van der Waals surface area contributed by atoms with Gasteiger partial charge in [-0.2, -0.15) is 0 Å². The smallest absolute Gasteiger partial charge is 0.254 e. The number of nitrogens with zero attached hydrogens (tertiary/aromatic N) is 1. The van der Waals surface area contributed by atoms with Crippen LogP contribution in [0.4, 0.5) is 0 Å². The lowest BCUT2D eigenvalue weighted by Crippen LogP contribution is -2.35. The monoisotopic (exact) mass is 299 g/mol. The van der Waals surface area contributed by atoms with E-state index in [9.17, 15) is 4.79 Å². The van der Waals surface area contributed by atoms with E-state index < -0.39 is 0 Å². The molecule has 2 aromatic rings. The predicted octanol–water partition coefficient (Wildman–Crippen LogP) is 4.36. The Bertz CT molecular complexity index is 641. The van der Waals surface area contributed by atoms with Gasteiger partial charge < -0.3 is 4.90 Å². The van der Waals surface area contributed by atoms with E-state index >= 15 is 0 Å². The quantitative estimate of drug-likeness (QED) is 0.807. The van der Waals surface area contributed by atoms with Crippen molar-refractivity contribution in [2.24, 2.45) is 0 Å². The number of benzene rings is 2. The highest BCUT2D eigenvalue weighted by molar-refractivity contribution is 6.30. The fraction of sp³-hybridized carbons (Fsp3) is 0.278. The molecule has 3 heteroatoms. The molecule has 1 saturated heterocycles. The van der Waals surface area contributed by atoms with Gasteiger partial charge in [0.1, 0.15) is 0 Å². The third kappa shape index (κ3) is 2.81. The van der Waals surface area contributed by atoms with Crippen molar-refractivity contribution in [1.29, 1.82) is 0 Å². The van der Waals surface area contributed by atoms with Crippen molar-refractivity contribution in [3.63, 3.8) is 0 Å². The lowest BCUT2D eigenvalue weighted by Gasteiger charge is -2.25. The predicted molar refractivity (Wildman–Crippen MR) is 85.8 cm³/mol. The van der Waals surface area contributed by atoms with Crippen LogP contribution in [0.15, 0.2) is 54.6 Å². The maximum atomic E-state index is 12.7. The molecule has 108 valence electrons. The molecule has 0 aliphatic carbocycles. The van der Waals surface area contributed by atoms with Gasteiger partial charge in [0.2, 0.25) is 0 Å². The molecule has 0 radical (unpaired) electrons. The summed E-state index contributed by atoms with van der Waals surface area (Å²) in [6.07, 6.45) is 1.01. The van der Waals surface area contributed by atoms with Crippen LogP contribution in [0.25, 0.3) is 0 Å². The summed E-state index contributed by atoms with van der Waals surface area (Å²) in [5, 5.41) is 0.604. The Kier molecular flexibility index (Phi) is 3.98. The van der Waals surface area contributed by atoms with E-state index in [1.54, 1.807) is 12.1 Å². The van der Waals surface area contributed by atoms with Crippen molar-refractivity contribution in [2.45, 2.75) is 25.3 Å². The first kappa shape index (κ1) is 14.2. The van der Waals surface area contributed by atoms with Crippen LogP contribution in [0.3, 0.4) is 0 Å². The van der Waals surface area contributed by atoms with Gasteiger partial charge in [-0.25, -0.2) is 0 Å². The van der Waals surface area contributed by atoms with Gasteiger partial charge in [0, 0.05) is 29.1 Å². The maximum Gasteiger partial charge on any atom is 0.254 e. The summed E-state index contributed by atoms with van der Waals surface area (Å²) in [6.45, 7) is 2.93. The van der Waals surface area contributed by atoms with E-state index in [-0.39, 0.29) is 11.9 Å². The molecule has 0 bridgehead atoms. The summed E-state index contributed by atoms with van der Waals surface area (Å²) < 4.78 is 0. The Balaban J connectivity index is 1.80. The van der Waals surface area contributed by atoms with E-state index in [0.29, 0.717) is 16.5 Å². The van der Waals surface area contributed by atoms with Crippen molar-refractivity contribution in [3.8, 4) is 0 Å². The topological polar surface area (TPSA) is 20.3 Å². The zero-order chi connectivity index (χ0) is 14.8. The van der Waals surface area contributed by atoms with Crippen LogP contribution in [-0.2, 0) is 0 Å². The zero-order valence-electron chi connectivity index (χ0n) is 12.0. The van der Waals surface area contributed by atoms with E-state index in [0.717, 1.165) is 13.0 Å². The maximum absolute atomic E-state index is 12.7. The molecule has 21 heavy (non-hydrogen) atoms. The van der Waals surface area contributed by atoms with E-state index in [4.69, 9.17) is 11.6 Å². The SMILES string of the molecule is CC1C(c2ccccc2)CCN1C(=O)c1cccc(Cl)c1. The van der Waals surface area contributed by atoms with Gasteiger partial charge in [-0.3, -0.25) is 4.79 Å². The van der Waals surface area contributed by atoms with Crippen LogP contribution >= 0.6 is 11.6 Å². The minimum absolute atomic E-state index is 0.0726. The molecule has 0 aromatic heterocycles. The van der Waals surface area contributed by atoms with Gasteiger partial charge in [-0.05, 0) is 37.1 Å². The van der Waals surface area contributed by atoms with Gasteiger partial charge in [0.25, 0.3) is 5.91 Å². The summed E-state index contributed by atoms with van der Waals surface area (Å²) in [5.74, 6) is 0.484. The van der Waals surface area contributed by atoms with Gasteiger partial charge in [-0.1, -0.05) is 48.0 Å². The molecule has 2 unspecified atom stereocenters. The highest BCUT2D eigenvalue weighted by atomic mass is 35.5. The van der Waals surface area contributed by atoms with Crippen LogP contribution in [0.2, 0.25) is 5.02 Å². The Hall–Kier alpha value is -1.80. The molecule has 0 saturated carbocycles. The first-order valence-corrected chi connectivity index (χ1v) is 7.66. The van der Waals surface area contributed by atoms with Crippen LogP contribution < -0.4 is 0 Å². The van der Waals surface area contributed by atoms with Crippen LogP contribution in [0, 0.1) is 0 Å². The molecule has 2 atom stereocenters. The van der Waals surface area contributed by atoms with Crippen molar-refractivity contribution < 1.29 is 4.79 Å². The number of carbonyl (C=O) groups is 1. The van der Waals surface area contributed by atoms with E-state index in [1.165, 1.54) is 5.56 Å². The molecule has 0 N–H and O–H groups in total. The summed E-state index contributed by atoms with van der Waals surface area (Å²) in [7, 11) is 0. The third-order valence-corrected chi connectivity index (χ3v) is 4.55. The summed E-state index contributed by atoms with van der Waals surface area (Å²) in [5.41, 5.74) is 1.98. The van der Waals surface area contributed by atoms with Crippen molar-refractivity contribution in [1.82, 2.24) is 4.90 Å². The van der Waals surface area contributed by atoms with Crippen LogP contribution in [0.5, 0.6) is 0 Å². The van der Waals surface area contributed by atoms with E-state index in [1.807, 2.05) is 23.1 Å². The largest absolute Gasteiger partial charge is 0.335 e. The Morgan fingerprint density at radius 3 is 2.62 bits per heavy atom. The zero-order valence-corrected chi connectivity index (χ0v) is 12.8. The second-order valence-corrected chi connectivity index (χ2v) is 5.99. The highest BCUT2D eigenvalue weighted by Gasteiger charge is 2.34. The summed E-state index contributed by atoms with van der Waals surface area (Å²) >= 11 is 5.99. The number of halogens is 1. The van der Waals surface area contributed by atoms with Crippen LogP contribution in [-0.4, -0.2) is 23.4 Å². The Morgan fingerprint density at radius 2 is 1.90 bits per heavy atom. The van der Waals surface area contributed by atoms with Crippen molar-refractivity contribution >= 4 is 17.5 Å². The number of hydrogen-bond acceptors (Lipinski definition) is 1. The molecule has 1 fully saturated rings. The van der Waals surface area contributed by atoms with Gasteiger partial charge >= 0.3 is 0 Å². The molecule has 1 aliphatic rings. The molecule has 1 heterocycles. The summed E-state index contributed by atoms with van der Waals surface area (Å²) in [4.78, 5) is 14.6. The number of carbonyl (C=O) groups excluding carboxylic acids is 1. The fourth-order valence-corrected chi connectivity index (χ4v) is 3.35.